The van der Waals surface area contributed by atoms with Gasteiger partial charge in [-0.2, -0.15) is 0 Å². The van der Waals surface area contributed by atoms with E-state index in [2.05, 4.69) is 0 Å². The Balaban J connectivity index is 2.48. The van der Waals surface area contributed by atoms with Crippen LogP contribution in [0.4, 0.5) is 0 Å². The van der Waals surface area contributed by atoms with Crippen molar-refractivity contribution in [2.45, 2.75) is 25.9 Å². The van der Waals surface area contributed by atoms with Gasteiger partial charge in [0.05, 0.1) is 0 Å². The Bertz CT molecular complexity index is 316. The molecule has 1 aromatic carbocycles. The summed E-state index contributed by atoms with van der Waals surface area (Å²) in [5.41, 5.74) is 0.767. The van der Waals surface area contributed by atoms with Gasteiger partial charge in [0.25, 0.3) is 0 Å². The Hall–Kier alpha value is -1.18. The minimum atomic E-state index is -0.166. The molecule has 2 nitrogen and oxygen atoms in total. The normalized spacial score (nSPS) is 18.5. The summed E-state index contributed by atoms with van der Waals surface area (Å²) in [6.07, 6.45) is 0.787. The van der Waals surface area contributed by atoms with Crippen molar-refractivity contribution in [1.29, 1.82) is 0 Å². The minimum absolute atomic E-state index is 0.166. The highest BCUT2D eigenvalue weighted by Gasteiger charge is 2.31. The second-order valence-electron chi connectivity index (χ2n) is 3.79. The van der Waals surface area contributed by atoms with E-state index in [0.717, 1.165) is 17.7 Å². The van der Waals surface area contributed by atoms with Gasteiger partial charge < -0.3 is 9.84 Å². The second-order valence-corrected chi connectivity index (χ2v) is 3.79. The number of phenolic OH excluding ortho intramolecular Hbond substituents is 1. The van der Waals surface area contributed by atoms with Crippen LogP contribution >= 0.6 is 0 Å². The molecule has 0 amide bonds. The van der Waals surface area contributed by atoms with E-state index in [9.17, 15) is 5.11 Å². The van der Waals surface area contributed by atoms with Crippen molar-refractivity contribution in [3.05, 3.63) is 23.8 Å². The third-order valence-electron chi connectivity index (χ3n) is 2.10. The molecule has 0 bridgehead atoms. The predicted molar refractivity (Wildman–Crippen MR) is 46.5 cm³/mol. The average Bonchev–Trinajstić information content (AvgIpc) is 2.25. The van der Waals surface area contributed by atoms with Crippen LogP contribution < -0.4 is 4.74 Å². The maximum absolute atomic E-state index is 9.48. The lowest BCUT2D eigenvalue weighted by Gasteiger charge is -2.16. The first-order valence-corrected chi connectivity index (χ1v) is 4.08. The topological polar surface area (TPSA) is 29.5 Å². The lowest BCUT2D eigenvalue weighted by Crippen LogP contribution is -2.24. The quantitative estimate of drug-likeness (QED) is 0.636. The van der Waals surface area contributed by atoms with Crippen LogP contribution in [0.15, 0.2) is 18.2 Å². The molecule has 0 fully saturated rings. The van der Waals surface area contributed by atoms with Crippen LogP contribution in [0, 0.1) is 0 Å². The molecule has 0 saturated carbocycles. The number of aromatic hydroxyl groups is 1. The summed E-state index contributed by atoms with van der Waals surface area (Å²) in [6.45, 7) is 4.04. The summed E-state index contributed by atoms with van der Waals surface area (Å²) in [5, 5.41) is 9.48. The molecule has 0 unspecified atom stereocenters. The van der Waals surface area contributed by atoms with Gasteiger partial charge in [0.15, 0.2) is 0 Å². The number of benzene rings is 1. The van der Waals surface area contributed by atoms with Gasteiger partial charge in [0.1, 0.15) is 17.1 Å². The molecular weight excluding hydrogens is 152 g/mol. The summed E-state index contributed by atoms with van der Waals surface area (Å²) >= 11 is 0. The van der Waals surface area contributed by atoms with E-state index in [1.807, 2.05) is 19.9 Å². The number of rotatable bonds is 0. The summed E-state index contributed by atoms with van der Waals surface area (Å²) in [5.74, 6) is 1.16. The van der Waals surface area contributed by atoms with Crippen LogP contribution in [-0.2, 0) is 6.42 Å². The molecule has 1 N–H and O–H groups in total. The zero-order chi connectivity index (χ0) is 8.77. The number of phenols is 1. The van der Waals surface area contributed by atoms with Gasteiger partial charge in [-0.25, -0.2) is 0 Å². The van der Waals surface area contributed by atoms with E-state index in [1.54, 1.807) is 12.1 Å². The molecule has 1 aliphatic heterocycles. The molecule has 1 aliphatic rings. The third-order valence-corrected chi connectivity index (χ3v) is 2.10. The molecule has 1 aromatic rings. The van der Waals surface area contributed by atoms with Gasteiger partial charge in [-0.05, 0) is 26.0 Å². The fraction of sp³-hybridized carbons (Fsp3) is 0.400. The van der Waals surface area contributed by atoms with Gasteiger partial charge in [0, 0.05) is 12.0 Å². The highest BCUT2D eigenvalue weighted by Crippen LogP contribution is 2.39. The summed E-state index contributed by atoms with van der Waals surface area (Å²) < 4.78 is 5.62. The van der Waals surface area contributed by atoms with Crippen molar-refractivity contribution in [3.63, 3.8) is 0 Å². The second kappa shape index (κ2) is 2.16. The molecule has 0 aliphatic carbocycles. The largest absolute Gasteiger partial charge is 0.508 e. The van der Waals surface area contributed by atoms with Gasteiger partial charge in [-0.1, -0.05) is 6.07 Å². The molecule has 0 saturated heterocycles. The van der Waals surface area contributed by atoms with Crippen molar-refractivity contribution in [2.75, 3.05) is 0 Å². The highest BCUT2D eigenvalue weighted by atomic mass is 16.5. The van der Waals surface area contributed by atoms with E-state index in [-0.39, 0.29) is 5.60 Å². The van der Waals surface area contributed by atoms with E-state index < -0.39 is 0 Å². The van der Waals surface area contributed by atoms with Crippen LogP contribution in [0.3, 0.4) is 0 Å². The number of ether oxygens (including phenoxy) is 1. The molecule has 1 heterocycles. The highest BCUT2D eigenvalue weighted by molar-refractivity contribution is 5.47. The zero-order valence-electron chi connectivity index (χ0n) is 7.29. The Morgan fingerprint density at radius 3 is 2.83 bits per heavy atom. The summed E-state index contributed by atoms with van der Waals surface area (Å²) in [6, 6.07) is 5.39. The Kier molecular flexibility index (Phi) is 1.34. The van der Waals surface area contributed by atoms with Crippen molar-refractivity contribution in [2.24, 2.45) is 0 Å². The first-order valence-electron chi connectivity index (χ1n) is 4.08. The molecule has 64 valence electrons. The number of hydrogen-bond donors (Lipinski definition) is 1. The van der Waals surface area contributed by atoms with Gasteiger partial charge in [-0.3, -0.25) is 0 Å². The zero-order valence-corrected chi connectivity index (χ0v) is 7.29. The van der Waals surface area contributed by atoms with Crippen molar-refractivity contribution < 1.29 is 9.84 Å². The molecule has 2 rings (SSSR count). The SMILES string of the molecule is CC1(C)Cc2c(O)cccc2O1. The van der Waals surface area contributed by atoms with Crippen LogP contribution in [0.1, 0.15) is 19.4 Å². The predicted octanol–water partition coefficient (Wildman–Crippen LogP) is 2.11. The van der Waals surface area contributed by atoms with E-state index in [0.29, 0.717) is 5.75 Å². The number of fused-ring (bicyclic) bond motifs is 1. The van der Waals surface area contributed by atoms with E-state index >= 15 is 0 Å². The number of hydrogen-bond acceptors (Lipinski definition) is 2. The fourth-order valence-corrected chi connectivity index (χ4v) is 1.59. The van der Waals surface area contributed by atoms with Crippen LogP contribution in [0.5, 0.6) is 11.5 Å². The molecular formula is C10H12O2. The average molecular weight is 164 g/mol. The first-order chi connectivity index (χ1) is 5.58. The Morgan fingerprint density at radius 2 is 2.17 bits per heavy atom. The van der Waals surface area contributed by atoms with Crippen LogP contribution in [0.25, 0.3) is 0 Å². The smallest absolute Gasteiger partial charge is 0.127 e. The van der Waals surface area contributed by atoms with E-state index in [4.69, 9.17) is 4.74 Å². The molecule has 2 heteroatoms. The van der Waals surface area contributed by atoms with Crippen LogP contribution in [0.2, 0.25) is 0 Å². The molecule has 12 heavy (non-hydrogen) atoms. The summed E-state index contributed by atoms with van der Waals surface area (Å²) in [4.78, 5) is 0. The molecule has 0 aromatic heterocycles. The lowest BCUT2D eigenvalue weighted by atomic mass is 10.0. The van der Waals surface area contributed by atoms with E-state index in [1.165, 1.54) is 0 Å². The molecule has 0 radical (unpaired) electrons. The maximum atomic E-state index is 9.48. The van der Waals surface area contributed by atoms with Crippen molar-refractivity contribution >= 4 is 0 Å². The van der Waals surface area contributed by atoms with Crippen molar-refractivity contribution in [1.82, 2.24) is 0 Å². The summed E-state index contributed by atoms with van der Waals surface area (Å²) in [7, 11) is 0. The molecule has 0 atom stereocenters. The van der Waals surface area contributed by atoms with Gasteiger partial charge in [0.2, 0.25) is 0 Å². The Morgan fingerprint density at radius 1 is 1.42 bits per heavy atom. The maximum Gasteiger partial charge on any atom is 0.127 e. The van der Waals surface area contributed by atoms with Crippen LogP contribution in [-0.4, -0.2) is 10.7 Å². The minimum Gasteiger partial charge on any atom is -0.508 e. The van der Waals surface area contributed by atoms with Gasteiger partial charge in [-0.15, -0.1) is 0 Å². The molecule has 0 spiro atoms. The Labute approximate surface area is 71.8 Å². The fourth-order valence-electron chi connectivity index (χ4n) is 1.59. The first kappa shape index (κ1) is 7.47. The van der Waals surface area contributed by atoms with Gasteiger partial charge >= 0.3 is 0 Å². The van der Waals surface area contributed by atoms with Crippen molar-refractivity contribution in [3.8, 4) is 11.5 Å². The third kappa shape index (κ3) is 1.04. The lowest BCUT2D eigenvalue weighted by molar-refractivity contribution is 0.138. The monoisotopic (exact) mass is 164 g/mol. The standard InChI is InChI=1S/C10H12O2/c1-10(2)6-7-8(11)4-3-5-9(7)12-10/h3-5,11H,6H2,1-2H3.